The molecule has 0 atom stereocenters. The average molecular weight is 341 g/mol. The SMILES string of the molecule is Cc1cccc(N2CCN(C(=O)CNc3cccc(F)c3)CC2)c1C. The first-order valence-corrected chi connectivity index (χ1v) is 8.63. The summed E-state index contributed by atoms with van der Waals surface area (Å²) in [4.78, 5) is 16.6. The number of nitrogens with one attached hydrogen (secondary N) is 1. The van der Waals surface area contributed by atoms with E-state index in [1.54, 1.807) is 12.1 Å². The summed E-state index contributed by atoms with van der Waals surface area (Å²) in [7, 11) is 0. The molecule has 1 aliphatic heterocycles. The maximum atomic E-state index is 13.2. The van der Waals surface area contributed by atoms with Crippen LogP contribution in [-0.2, 0) is 4.79 Å². The molecule has 3 rings (SSSR count). The lowest BCUT2D eigenvalue weighted by Gasteiger charge is -2.37. The molecular formula is C20H24FN3O. The highest BCUT2D eigenvalue weighted by atomic mass is 19.1. The van der Waals surface area contributed by atoms with Gasteiger partial charge in [0.05, 0.1) is 6.54 Å². The summed E-state index contributed by atoms with van der Waals surface area (Å²) in [6, 6.07) is 12.5. The highest BCUT2D eigenvalue weighted by molar-refractivity contribution is 5.81. The Hall–Kier alpha value is -2.56. The number of rotatable bonds is 4. The topological polar surface area (TPSA) is 35.6 Å². The maximum absolute atomic E-state index is 13.2. The first-order valence-electron chi connectivity index (χ1n) is 8.63. The summed E-state index contributed by atoms with van der Waals surface area (Å²) in [6.45, 7) is 7.52. The molecule has 1 fully saturated rings. The van der Waals surface area contributed by atoms with Gasteiger partial charge in [0, 0.05) is 37.6 Å². The maximum Gasteiger partial charge on any atom is 0.241 e. The van der Waals surface area contributed by atoms with Crippen LogP contribution in [0.1, 0.15) is 11.1 Å². The number of carbonyl (C=O) groups excluding carboxylic acids is 1. The van der Waals surface area contributed by atoms with Gasteiger partial charge in [0.1, 0.15) is 5.82 Å². The van der Waals surface area contributed by atoms with Gasteiger partial charge in [-0.1, -0.05) is 18.2 Å². The van der Waals surface area contributed by atoms with Crippen LogP contribution in [0.15, 0.2) is 42.5 Å². The van der Waals surface area contributed by atoms with Crippen LogP contribution in [0.5, 0.6) is 0 Å². The minimum atomic E-state index is -0.306. The van der Waals surface area contributed by atoms with Crippen molar-refractivity contribution in [1.29, 1.82) is 0 Å². The summed E-state index contributed by atoms with van der Waals surface area (Å²) in [5.41, 5.74) is 4.47. The zero-order chi connectivity index (χ0) is 17.8. The second-order valence-electron chi connectivity index (χ2n) is 6.45. The molecular weight excluding hydrogens is 317 g/mol. The van der Waals surface area contributed by atoms with Crippen molar-refractivity contribution >= 4 is 17.3 Å². The summed E-state index contributed by atoms with van der Waals surface area (Å²) in [6.07, 6.45) is 0. The Bertz CT molecular complexity index is 754. The minimum Gasteiger partial charge on any atom is -0.376 e. The molecule has 132 valence electrons. The molecule has 0 radical (unpaired) electrons. The fraction of sp³-hybridized carbons (Fsp3) is 0.350. The van der Waals surface area contributed by atoms with E-state index >= 15 is 0 Å². The molecule has 1 saturated heterocycles. The molecule has 25 heavy (non-hydrogen) atoms. The van der Waals surface area contributed by atoms with Crippen LogP contribution in [0.2, 0.25) is 0 Å². The van der Waals surface area contributed by atoms with Crippen molar-refractivity contribution in [1.82, 2.24) is 4.90 Å². The molecule has 0 bridgehead atoms. The quantitative estimate of drug-likeness (QED) is 0.928. The van der Waals surface area contributed by atoms with E-state index in [-0.39, 0.29) is 18.3 Å². The number of nitrogens with zero attached hydrogens (tertiary/aromatic N) is 2. The van der Waals surface area contributed by atoms with Gasteiger partial charge < -0.3 is 15.1 Å². The summed E-state index contributed by atoms with van der Waals surface area (Å²) < 4.78 is 13.2. The lowest BCUT2D eigenvalue weighted by Crippen LogP contribution is -2.50. The van der Waals surface area contributed by atoms with Gasteiger partial charge in [0.15, 0.2) is 0 Å². The van der Waals surface area contributed by atoms with Crippen LogP contribution in [0.3, 0.4) is 0 Å². The third-order valence-corrected chi connectivity index (χ3v) is 4.82. The first-order chi connectivity index (χ1) is 12.0. The van der Waals surface area contributed by atoms with Crippen LogP contribution < -0.4 is 10.2 Å². The summed E-state index contributed by atoms with van der Waals surface area (Å²) in [5.74, 6) is -0.260. The molecule has 5 heteroatoms. The van der Waals surface area contributed by atoms with E-state index in [4.69, 9.17) is 0 Å². The molecule has 0 spiro atoms. The Morgan fingerprint density at radius 2 is 1.80 bits per heavy atom. The van der Waals surface area contributed by atoms with Gasteiger partial charge >= 0.3 is 0 Å². The van der Waals surface area contributed by atoms with Crippen LogP contribution in [0, 0.1) is 19.7 Å². The second-order valence-corrected chi connectivity index (χ2v) is 6.45. The van der Waals surface area contributed by atoms with Crippen LogP contribution in [-0.4, -0.2) is 43.5 Å². The third-order valence-electron chi connectivity index (χ3n) is 4.82. The smallest absolute Gasteiger partial charge is 0.241 e. The van der Waals surface area contributed by atoms with Crippen molar-refractivity contribution in [3.05, 3.63) is 59.4 Å². The number of carbonyl (C=O) groups is 1. The molecule has 1 N–H and O–H groups in total. The Labute approximate surface area is 148 Å². The van der Waals surface area contributed by atoms with Crippen molar-refractivity contribution in [2.24, 2.45) is 0 Å². The fourth-order valence-corrected chi connectivity index (χ4v) is 3.16. The Morgan fingerprint density at radius 3 is 2.52 bits per heavy atom. The summed E-state index contributed by atoms with van der Waals surface area (Å²) >= 11 is 0. The number of halogens is 1. The van der Waals surface area contributed by atoms with Crippen molar-refractivity contribution < 1.29 is 9.18 Å². The van der Waals surface area contributed by atoms with Crippen LogP contribution in [0.25, 0.3) is 0 Å². The third kappa shape index (κ3) is 4.10. The molecule has 1 heterocycles. The van der Waals surface area contributed by atoms with E-state index in [0.717, 1.165) is 13.1 Å². The normalized spacial score (nSPS) is 14.5. The van der Waals surface area contributed by atoms with Gasteiger partial charge in [-0.3, -0.25) is 4.79 Å². The van der Waals surface area contributed by atoms with E-state index in [1.807, 2.05) is 4.90 Å². The van der Waals surface area contributed by atoms with Crippen molar-refractivity contribution in [3.63, 3.8) is 0 Å². The molecule has 2 aromatic rings. The standard InChI is InChI=1S/C20H24FN3O/c1-15-5-3-8-19(16(15)2)23-9-11-24(12-10-23)20(25)14-22-18-7-4-6-17(21)13-18/h3-8,13,22H,9-12,14H2,1-2H3. The van der Waals surface area contributed by atoms with Gasteiger partial charge in [-0.25, -0.2) is 4.39 Å². The summed E-state index contributed by atoms with van der Waals surface area (Å²) in [5, 5.41) is 3.00. The fourth-order valence-electron chi connectivity index (χ4n) is 3.16. The van der Waals surface area contributed by atoms with Gasteiger partial charge in [-0.05, 0) is 49.2 Å². The van der Waals surface area contributed by atoms with Gasteiger partial charge in [-0.2, -0.15) is 0 Å². The van der Waals surface area contributed by atoms with E-state index in [0.29, 0.717) is 18.8 Å². The molecule has 0 saturated carbocycles. The molecule has 2 aromatic carbocycles. The van der Waals surface area contributed by atoms with E-state index in [1.165, 1.54) is 28.9 Å². The first kappa shape index (κ1) is 17.3. The number of hydrogen-bond donors (Lipinski definition) is 1. The highest BCUT2D eigenvalue weighted by Gasteiger charge is 2.22. The molecule has 4 nitrogen and oxygen atoms in total. The minimum absolute atomic E-state index is 0.0462. The second kappa shape index (κ2) is 7.55. The predicted octanol–water partition coefficient (Wildman–Crippen LogP) is 3.20. The molecule has 1 aliphatic rings. The lowest BCUT2D eigenvalue weighted by atomic mass is 10.1. The Kier molecular flexibility index (Phi) is 5.22. The molecule has 0 unspecified atom stereocenters. The Balaban J connectivity index is 1.53. The van der Waals surface area contributed by atoms with Gasteiger partial charge in [0.25, 0.3) is 0 Å². The monoisotopic (exact) mass is 341 g/mol. The molecule has 0 aromatic heterocycles. The largest absolute Gasteiger partial charge is 0.376 e. The van der Waals surface area contributed by atoms with Gasteiger partial charge in [0.2, 0.25) is 5.91 Å². The van der Waals surface area contributed by atoms with E-state index in [2.05, 4.69) is 42.3 Å². The zero-order valence-corrected chi connectivity index (χ0v) is 14.8. The number of hydrogen-bond acceptors (Lipinski definition) is 3. The van der Waals surface area contributed by atoms with E-state index < -0.39 is 0 Å². The van der Waals surface area contributed by atoms with E-state index in [9.17, 15) is 9.18 Å². The Morgan fingerprint density at radius 1 is 1.08 bits per heavy atom. The van der Waals surface area contributed by atoms with Gasteiger partial charge in [-0.15, -0.1) is 0 Å². The number of benzene rings is 2. The zero-order valence-electron chi connectivity index (χ0n) is 14.8. The predicted molar refractivity (Wildman–Crippen MR) is 99.6 cm³/mol. The number of aryl methyl sites for hydroxylation is 1. The highest BCUT2D eigenvalue weighted by Crippen LogP contribution is 2.23. The number of anilines is 2. The van der Waals surface area contributed by atoms with Crippen LogP contribution in [0.4, 0.5) is 15.8 Å². The number of amides is 1. The van der Waals surface area contributed by atoms with Crippen molar-refractivity contribution in [2.45, 2.75) is 13.8 Å². The van der Waals surface area contributed by atoms with Crippen LogP contribution >= 0.6 is 0 Å². The average Bonchev–Trinajstić information content (AvgIpc) is 2.62. The van der Waals surface area contributed by atoms with Crippen molar-refractivity contribution in [2.75, 3.05) is 42.9 Å². The molecule has 0 aliphatic carbocycles. The lowest BCUT2D eigenvalue weighted by molar-refractivity contribution is -0.129. The molecule has 1 amide bonds. The van der Waals surface area contributed by atoms with Crippen molar-refractivity contribution in [3.8, 4) is 0 Å². The number of piperazine rings is 1.